The first-order chi connectivity index (χ1) is 10.6. The zero-order valence-electron chi connectivity index (χ0n) is 13.0. The highest BCUT2D eigenvalue weighted by Gasteiger charge is 2.35. The Morgan fingerprint density at radius 1 is 1.32 bits per heavy atom. The van der Waals surface area contributed by atoms with Crippen molar-refractivity contribution in [2.75, 3.05) is 18.5 Å². The van der Waals surface area contributed by atoms with Crippen LogP contribution in [0.15, 0.2) is 30.3 Å². The average Bonchev–Trinajstić information content (AvgIpc) is 2.93. The molecule has 22 heavy (non-hydrogen) atoms. The number of amides is 1. The second kappa shape index (κ2) is 7.79. The number of carbonyl (C=O) groups is 2. The van der Waals surface area contributed by atoms with Crippen molar-refractivity contribution in [3.05, 3.63) is 30.3 Å². The molecule has 1 aromatic carbocycles. The molecule has 0 radical (unpaired) electrons. The summed E-state index contributed by atoms with van der Waals surface area (Å²) < 4.78 is 5.23. The topological polar surface area (TPSA) is 67.9 Å². The van der Waals surface area contributed by atoms with Crippen molar-refractivity contribution < 1.29 is 19.2 Å². The van der Waals surface area contributed by atoms with E-state index in [2.05, 4.69) is 5.32 Å². The van der Waals surface area contributed by atoms with Gasteiger partial charge in [-0.05, 0) is 30.9 Å². The Labute approximate surface area is 130 Å². The minimum Gasteiger partial charge on any atom is -0.464 e. The number of ether oxygens (including phenoxy) is 1. The van der Waals surface area contributed by atoms with Crippen LogP contribution >= 0.6 is 0 Å². The Balaban J connectivity index is 1.85. The van der Waals surface area contributed by atoms with Gasteiger partial charge >= 0.3 is 12.1 Å². The Morgan fingerprint density at radius 3 is 2.73 bits per heavy atom. The van der Waals surface area contributed by atoms with E-state index in [4.69, 9.17) is 9.57 Å². The molecule has 0 saturated carbocycles. The van der Waals surface area contributed by atoms with Gasteiger partial charge in [-0.25, -0.2) is 4.79 Å². The van der Waals surface area contributed by atoms with Crippen molar-refractivity contribution in [2.24, 2.45) is 5.92 Å². The molecule has 1 fully saturated rings. The smallest absolute Gasteiger partial charge is 0.430 e. The summed E-state index contributed by atoms with van der Waals surface area (Å²) in [6.45, 7) is 4.86. The van der Waals surface area contributed by atoms with Crippen LogP contribution in [0.4, 0.5) is 10.5 Å². The third kappa shape index (κ3) is 4.73. The van der Waals surface area contributed by atoms with Gasteiger partial charge in [-0.15, -0.1) is 5.06 Å². The summed E-state index contributed by atoms with van der Waals surface area (Å²) in [6.07, 6.45) is 0.824. The number of hydroxylamine groups is 2. The molecule has 1 aliphatic heterocycles. The number of hydrogen-bond donors (Lipinski definition) is 1. The molecule has 1 N–H and O–H groups in total. The van der Waals surface area contributed by atoms with Crippen molar-refractivity contribution in [1.82, 2.24) is 5.06 Å². The first-order valence-corrected chi connectivity index (χ1v) is 7.53. The van der Waals surface area contributed by atoms with E-state index in [-0.39, 0.29) is 11.9 Å². The maximum atomic E-state index is 12.0. The van der Waals surface area contributed by atoms with Crippen LogP contribution in [0, 0.1) is 5.92 Å². The summed E-state index contributed by atoms with van der Waals surface area (Å²) in [7, 11) is 0. The third-order valence-electron chi connectivity index (χ3n) is 3.26. The average molecular weight is 306 g/mol. The normalized spacial score (nSPS) is 18.2. The van der Waals surface area contributed by atoms with Gasteiger partial charge in [0.05, 0.1) is 6.61 Å². The number of para-hydroxylation sites is 1. The van der Waals surface area contributed by atoms with Crippen molar-refractivity contribution in [3.8, 4) is 0 Å². The SMILES string of the molecule is CC(C)COC(=O)[C@@H]1CCCN1OC(=O)Nc1ccccc1. The standard InChI is InChI=1S/C16H22N2O4/c1-12(2)11-21-15(19)14-9-6-10-18(14)22-16(20)17-13-7-4-3-5-8-13/h3-5,7-8,12,14H,6,9-11H2,1-2H3,(H,17,20)/t14-/m0/s1. The fourth-order valence-electron chi connectivity index (χ4n) is 2.20. The van der Waals surface area contributed by atoms with E-state index in [1.807, 2.05) is 32.0 Å². The van der Waals surface area contributed by atoms with Gasteiger partial charge in [0.25, 0.3) is 0 Å². The number of rotatable bonds is 5. The van der Waals surface area contributed by atoms with Crippen LogP contribution in [0.1, 0.15) is 26.7 Å². The number of hydrogen-bond acceptors (Lipinski definition) is 5. The van der Waals surface area contributed by atoms with Gasteiger partial charge in [0.1, 0.15) is 6.04 Å². The molecule has 0 spiro atoms. The Hall–Kier alpha value is -2.08. The third-order valence-corrected chi connectivity index (χ3v) is 3.26. The van der Waals surface area contributed by atoms with Crippen LogP contribution in [0.3, 0.4) is 0 Å². The van der Waals surface area contributed by atoms with E-state index in [0.717, 1.165) is 6.42 Å². The lowest BCUT2D eigenvalue weighted by atomic mass is 10.2. The van der Waals surface area contributed by atoms with Crippen LogP contribution in [0.25, 0.3) is 0 Å². The predicted octanol–water partition coefficient (Wildman–Crippen LogP) is 2.81. The van der Waals surface area contributed by atoms with E-state index in [9.17, 15) is 9.59 Å². The lowest BCUT2D eigenvalue weighted by Gasteiger charge is -2.22. The largest absolute Gasteiger partial charge is 0.464 e. The molecular weight excluding hydrogens is 284 g/mol. The van der Waals surface area contributed by atoms with Gasteiger partial charge in [0, 0.05) is 12.2 Å². The summed E-state index contributed by atoms with van der Waals surface area (Å²) in [4.78, 5) is 29.1. The van der Waals surface area contributed by atoms with Crippen LogP contribution in [-0.4, -0.2) is 36.3 Å². The quantitative estimate of drug-likeness (QED) is 0.847. The molecule has 6 nitrogen and oxygen atoms in total. The van der Waals surface area contributed by atoms with E-state index < -0.39 is 12.1 Å². The monoisotopic (exact) mass is 306 g/mol. The second-order valence-corrected chi connectivity index (χ2v) is 5.69. The summed E-state index contributed by atoms with van der Waals surface area (Å²) in [6, 6.07) is 8.51. The first-order valence-electron chi connectivity index (χ1n) is 7.53. The lowest BCUT2D eigenvalue weighted by molar-refractivity contribution is -0.167. The van der Waals surface area contributed by atoms with Crippen molar-refractivity contribution in [3.63, 3.8) is 0 Å². The second-order valence-electron chi connectivity index (χ2n) is 5.69. The molecule has 0 unspecified atom stereocenters. The van der Waals surface area contributed by atoms with Crippen molar-refractivity contribution in [1.29, 1.82) is 0 Å². The molecular formula is C16H22N2O4. The van der Waals surface area contributed by atoms with Crippen LogP contribution < -0.4 is 5.32 Å². The van der Waals surface area contributed by atoms with E-state index in [1.165, 1.54) is 5.06 Å². The van der Waals surface area contributed by atoms with E-state index in [0.29, 0.717) is 25.3 Å². The molecule has 1 atom stereocenters. The number of nitrogens with one attached hydrogen (secondary N) is 1. The zero-order valence-corrected chi connectivity index (χ0v) is 13.0. The molecule has 1 amide bonds. The van der Waals surface area contributed by atoms with E-state index >= 15 is 0 Å². The number of benzene rings is 1. The number of carbonyl (C=O) groups excluding carboxylic acids is 2. The number of esters is 1. The van der Waals surface area contributed by atoms with Gasteiger partial charge in [0.15, 0.2) is 0 Å². The molecule has 120 valence electrons. The molecule has 6 heteroatoms. The summed E-state index contributed by atoms with van der Waals surface area (Å²) >= 11 is 0. The molecule has 0 bridgehead atoms. The molecule has 0 aliphatic carbocycles. The van der Waals surface area contributed by atoms with Gasteiger partial charge in [-0.2, -0.15) is 0 Å². The van der Waals surface area contributed by atoms with Gasteiger partial charge in [0.2, 0.25) is 0 Å². The fourth-order valence-corrected chi connectivity index (χ4v) is 2.20. The minimum absolute atomic E-state index is 0.279. The van der Waals surface area contributed by atoms with Gasteiger partial charge in [-0.3, -0.25) is 10.1 Å². The maximum absolute atomic E-state index is 12.0. The Bertz CT molecular complexity index is 504. The molecule has 2 rings (SSSR count). The molecule has 1 aromatic rings. The highest BCUT2D eigenvalue weighted by molar-refractivity contribution is 5.84. The van der Waals surface area contributed by atoms with Crippen LogP contribution in [0.5, 0.6) is 0 Å². The maximum Gasteiger partial charge on any atom is 0.430 e. The first kappa shape index (κ1) is 16.3. The van der Waals surface area contributed by atoms with Gasteiger partial charge in [-0.1, -0.05) is 32.0 Å². The molecule has 0 aromatic heterocycles. The summed E-state index contributed by atoms with van der Waals surface area (Å²) in [5, 5.41) is 4.03. The van der Waals surface area contributed by atoms with Crippen LogP contribution in [0.2, 0.25) is 0 Å². The van der Waals surface area contributed by atoms with Crippen LogP contribution in [-0.2, 0) is 14.4 Å². The lowest BCUT2D eigenvalue weighted by Crippen LogP contribution is -2.40. The predicted molar refractivity (Wildman–Crippen MR) is 82.1 cm³/mol. The highest BCUT2D eigenvalue weighted by atomic mass is 16.7. The van der Waals surface area contributed by atoms with Crippen molar-refractivity contribution in [2.45, 2.75) is 32.7 Å². The van der Waals surface area contributed by atoms with Crippen molar-refractivity contribution >= 4 is 17.7 Å². The molecule has 1 aliphatic rings. The summed E-state index contributed by atoms with van der Waals surface area (Å²) in [5.41, 5.74) is 0.644. The van der Waals surface area contributed by atoms with E-state index in [1.54, 1.807) is 12.1 Å². The fraction of sp³-hybridized carbons (Fsp3) is 0.500. The number of nitrogens with zero attached hydrogens (tertiary/aromatic N) is 1. The number of anilines is 1. The summed E-state index contributed by atoms with van der Waals surface area (Å²) in [5.74, 6) is -0.0557. The molecule has 1 saturated heterocycles. The Kier molecular flexibility index (Phi) is 5.77. The minimum atomic E-state index is -0.602. The highest BCUT2D eigenvalue weighted by Crippen LogP contribution is 2.19. The zero-order chi connectivity index (χ0) is 15.9. The van der Waals surface area contributed by atoms with Gasteiger partial charge < -0.3 is 9.57 Å². The Morgan fingerprint density at radius 2 is 2.05 bits per heavy atom. The molecule has 1 heterocycles.